The zero-order valence-electron chi connectivity index (χ0n) is 23.3. The highest BCUT2D eigenvalue weighted by Crippen LogP contribution is 2.27. The molecule has 0 unspecified atom stereocenters. The van der Waals surface area contributed by atoms with Crippen molar-refractivity contribution in [1.82, 2.24) is 29.2 Å². The van der Waals surface area contributed by atoms with E-state index in [4.69, 9.17) is 4.98 Å². The van der Waals surface area contributed by atoms with Crippen LogP contribution in [0.4, 0.5) is 11.6 Å². The van der Waals surface area contributed by atoms with Crippen LogP contribution in [0.1, 0.15) is 57.5 Å². The van der Waals surface area contributed by atoms with Crippen LogP contribution in [-0.2, 0) is 28.2 Å². The zero-order valence-corrected chi connectivity index (χ0v) is 24.1. The number of nitrogens with zero attached hydrogens (tertiary/aromatic N) is 6. The van der Waals surface area contributed by atoms with Gasteiger partial charge < -0.3 is 5.32 Å². The van der Waals surface area contributed by atoms with Crippen LogP contribution in [0.2, 0.25) is 0 Å². The summed E-state index contributed by atoms with van der Waals surface area (Å²) in [4.78, 5) is 29.1. The summed E-state index contributed by atoms with van der Waals surface area (Å²) in [6, 6.07) is 9.83. The Kier molecular flexibility index (Phi) is 6.84. The minimum absolute atomic E-state index is 0.0418. The number of fused-ring (bicyclic) bond motifs is 2. The number of benzene rings is 1. The summed E-state index contributed by atoms with van der Waals surface area (Å²) in [5.74, 6) is 0.409. The molecule has 206 valence electrons. The minimum Gasteiger partial charge on any atom is -0.324 e. The molecule has 4 heterocycles. The maximum atomic E-state index is 13.4. The molecule has 0 bridgehead atoms. The van der Waals surface area contributed by atoms with E-state index in [2.05, 4.69) is 42.1 Å². The third kappa shape index (κ3) is 5.60. The van der Waals surface area contributed by atoms with E-state index in [0.717, 1.165) is 29.1 Å². The Morgan fingerprint density at radius 1 is 1.08 bits per heavy atom. The quantitative estimate of drug-likeness (QED) is 0.384. The number of aromatic nitrogens is 5. The van der Waals surface area contributed by atoms with Gasteiger partial charge in [-0.2, -0.15) is 4.98 Å². The third-order valence-corrected chi connectivity index (χ3v) is 7.67. The highest BCUT2D eigenvalue weighted by molar-refractivity contribution is 7.90. The standard InChI is InChI=1S/C28H35N7O3S/c1-18(2)34-26(36)23-15-30-27(32-25(23)35(34)22-9-11-29-24(14-22)28(3,4)5)31-21-8-7-19-10-12-33(16-20(19)13-21)17-39(6,37)38/h7-9,11,13-15,18H,10,12,16-17H2,1-6H3,(H,30,31,32). The highest BCUT2D eigenvalue weighted by Gasteiger charge is 2.23. The Hall–Kier alpha value is -3.57. The average Bonchev–Trinajstić information content (AvgIpc) is 3.14. The lowest BCUT2D eigenvalue weighted by Crippen LogP contribution is -2.34. The number of pyridine rings is 1. The van der Waals surface area contributed by atoms with Crippen molar-refractivity contribution in [2.24, 2.45) is 0 Å². The van der Waals surface area contributed by atoms with Gasteiger partial charge in [0.15, 0.2) is 15.5 Å². The molecule has 1 N–H and O–H groups in total. The summed E-state index contributed by atoms with van der Waals surface area (Å²) < 4.78 is 27.1. The summed E-state index contributed by atoms with van der Waals surface area (Å²) in [5.41, 5.74) is 4.99. The SMILES string of the molecule is CC(C)n1c(=O)c2cnc(Nc3ccc4c(c3)CN(CS(C)(=O)=O)CC4)nc2n1-c1ccnc(C(C)(C)C)c1. The van der Waals surface area contributed by atoms with Gasteiger partial charge in [0.25, 0.3) is 5.56 Å². The van der Waals surface area contributed by atoms with Crippen molar-refractivity contribution in [3.8, 4) is 5.69 Å². The van der Waals surface area contributed by atoms with Crippen LogP contribution in [0, 0.1) is 0 Å². The molecule has 0 radical (unpaired) electrons. The van der Waals surface area contributed by atoms with Gasteiger partial charge in [0.2, 0.25) is 5.95 Å². The van der Waals surface area contributed by atoms with Gasteiger partial charge in [0.05, 0.1) is 5.69 Å². The molecule has 1 aliphatic rings. The van der Waals surface area contributed by atoms with E-state index in [9.17, 15) is 13.2 Å². The lowest BCUT2D eigenvalue weighted by Gasteiger charge is -2.28. The van der Waals surface area contributed by atoms with E-state index in [-0.39, 0.29) is 22.9 Å². The maximum Gasteiger partial charge on any atom is 0.278 e. The predicted molar refractivity (Wildman–Crippen MR) is 154 cm³/mol. The summed E-state index contributed by atoms with van der Waals surface area (Å²) in [6.07, 6.45) is 5.39. The highest BCUT2D eigenvalue weighted by atomic mass is 32.2. The Bertz CT molecular complexity index is 1720. The topological polar surface area (TPSA) is 115 Å². The Labute approximate surface area is 228 Å². The molecular weight excluding hydrogens is 514 g/mol. The van der Waals surface area contributed by atoms with Gasteiger partial charge in [-0.15, -0.1) is 0 Å². The molecular formula is C28H35N7O3S. The molecule has 0 aliphatic carbocycles. The van der Waals surface area contributed by atoms with Gasteiger partial charge >= 0.3 is 0 Å². The van der Waals surface area contributed by atoms with E-state index >= 15 is 0 Å². The number of sulfone groups is 1. The van der Waals surface area contributed by atoms with Gasteiger partial charge in [0, 0.05) is 54.6 Å². The number of rotatable bonds is 6. The van der Waals surface area contributed by atoms with Crippen LogP contribution < -0.4 is 10.9 Å². The first-order valence-electron chi connectivity index (χ1n) is 13.1. The van der Waals surface area contributed by atoms with Crippen molar-refractivity contribution < 1.29 is 8.42 Å². The Morgan fingerprint density at radius 2 is 1.85 bits per heavy atom. The Balaban J connectivity index is 1.54. The van der Waals surface area contributed by atoms with E-state index in [1.165, 1.54) is 11.8 Å². The predicted octanol–water partition coefficient (Wildman–Crippen LogP) is 3.96. The van der Waals surface area contributed by atoms with Gasteiger partial charge in [-0.05, 0) is 55.7 Å². The van der Waals surface area contributed by atoms with Crippen molar-refractivity contribution in [2.75, 3.05) is 24.0 Å². The van der Waals surface area contributed by atoms with Crippen molar-refractivity contribution in [3.63, 3.8) is 0 Å². The molecule has 11 heteroatoms. The van der Waals surface area contributed by atoms with Crippen molar-refractivity contribution >= 4 is 32.5 Å². The van der Waals surface area contributed by atoms with Crippen molar-refractivity contribution in [1.29, 1.82) is 0 Å². The van der Waals surface area contributed by atoms with Gasteiger partial charge in [0.1, 0.15) is 11.3 Å². The largest absolute Gasteiger partial charge is 0.324 e. The first kappa shape index (κ1) is 27.0. The Morgan fingerprint density at radius 3 is 2.54 bits per heavy atom. The molecule has 39 heavy (non-hydrogen) atoms. The molecule has 0 amide bonds. The number of nitrogens with one attached hydrogen (secondary N) is 1. The lowest BCUT2D eigenvalue weighted by atomic mass is 9.91. The molecule has 0 fully saturated rings. The van der Waals surface area contributed by atoms with Gasteiger partial charge in [-0.25, -0.2) is 22.8 Å². The van der Waals surface area contributed by atoms with E-state index < -0.39 is 9.84 Å². The molecule has 0 atom stereocenters. The molecule has 0 saturated heterocycles. The second-order valence-electron chi connectivity index (χ2n) is 11.6. The van der Waals surface area contributed by atoms with E-state index in [1.807, 2.05) is 47.7 Å². The summed E-state index contributed by atoms with van der Waals surface area (Å²) >= 11 is 0. The van der Waals surface area contributed by atoms with Crippen LogP contribution in [0.3, 0.4) is 0 Å². The van der Waals surface area contributed by atoms with E-state index in [1.54, 1.807) is 17.1 Å². The second kappa shape index (κ2) is 9.87. The molecule has 5 rings (SSSR count). The summed E-state index contributed by atoms with van der Waals surface area (Å²) in [6.45, 7) is 11.5. The van der Waals surface area contributed by atoms with Crippen LogP contribution in [0.15, 0.2) is 47.5 Å². The normalized spacial score (nSPS) is 14.6. The lowest BCUT2D eigenvalue weighted by molar-refractivity contribution is 0.293. The fourth-order valence-electron chi connectivity index (χ4n) is 5.00. The van der Waals surface area contributed by atoms with Crippen molar-refractivity contribution in [2.45, 2.75) is 59.0 Å². The number of hydrogen-bond acceptors (Lipinski definition) is 8. The van der Waals surface area contributed by atoms with E-state index in [0.29, 0.717) is 30.1 Å². The van der Waals surface area contributed by atoms with Crippen LogP contribution >= 0.6 is 0 Å². The first-order valence-corrected chi connectivity index (χ1v) is 15.1. The molecule has 10 nitrogen and oxygen atoms in total. The van der Waals surface area contributed by atoms with Gasteiger partial charge in [-0.3, -0.25) is 14.7 Å². The van der Waals surface area contributed by atoms with Crippen molar-refractivity contribution in [3.05, 3.63) is 69.9 Å². The monoisotopic (exact) mass is 549 g/mol. The molecule has 1 aromatic carbocycles. The molecule has 1 aliphatic heterocycles. The first-order chi connectivity index (χ1) is 18.3. The third-order valence-electron chi connectivity index (χ3n) is 6.84. The van der Waals surface area contributed by atoms with Crippen LogP contribution in [0.5, 0.6) is 0 Å². The fraction of sp³-hybridized carbons (Fsp3) is 0.429. The summed E-state index contributed by atoms with van der Waals surface area (Å²) in [5, 5.41) is 3.72. The molecule has 0 saturated carbocycles. The number of anilines is 2. The fourth-order valence-corrected chi connectivity index (χ4v) is 5.88. The number of hydrogen-bond donors (Lipinski definition) is 1. The van der Waals surface area contributed by atoms with Gasteiger partial charge in [-0.1, -0.05) is 26.8 Å². The minimum atomic E-state index is -3.10. The summed E-state index contributed by atoms with van der Waals surface area (Å²) in [7, 11) is -3.10. The molecule has 4 aromatic rings. The molecule has 3 aromatic heterocycles. The maximum absolute atomic E-state index is 13.4. The zero-order chi connectivity index (χ0) is 28.1. The average molecular weight is 550 g/mol. The molecule has 0 spiro atoms. The second-order valence-corrected chi connectivity index (χ2v) is 13.7. The smallest absolute Gasteiger partial charge is 0.278 e. The van der Waals surface area contributed by atoms with Crippen LogP contribution in [-0.4, -0.2) is 56.3 Å². The van der Waals surface area contributed by atoms with Crippen LogP contribution in [0.25, 0.3) is 16.7 Å².